The fraction of sp³-hybridized carbons (Fsp3) is 0.533. The van der Waals surface area contributed by atoms with Crippen LogP contribution in [-0.2, 0) is 11.3 Å². The van der Waals surface area contributed by atoms with Crippen molar-refractivity contribution in [3.8, 4) is 0 Å². The summed E-state index contributed by atoms with van der Waals surface area (Å²) < 4.78 is 40.3. The molecule has 0 aliphatic carbocycles. The lowest BCUT2D eigenvalue weighted by Crippen LogP contribution is -2.68. The minimum atomic E-state index is -4.94. The lowest BCUT2D eigenvalue weighted by Gasteiger charge is -2.49. The first-order valence-electron chi connectivity index (χ1n) is 7.50. The van der Waals surface area contributed by atoms with Crippen LogP contribution in [0.5, 0.6) is 0 Å². The number of rotatable bonds is 2. The molecule has 3 saturated heterocycles. The van der Waals surface area contributed by atoms with E-state index in [-0.39, 0.29) is 6.09 Å². The number of quaternary nitrogens is 1. The van der Waals surface area contributed by atoms with Crippen molar-refractivity contribution in [1.82, 2.24) is 0 Å². The average Bonchev–Trinajstić information content (AvgIpc) is 2.53. The highest BCUT2D eigenvalue weighted by Gasteiger charge is 2.52. The number of carbonyl (C=O) groups excluding carboxylic acids is 1. The molecule has 134 valence electrons. The number of amides is 1. The number of halogens is 2. The molecule has 4 rings (SSSR count). The molecule has 1 aromatic rings. The summed E-state index contributed by atoms with van der Waals surface area (Å²) in [4.78, 5) is 12.4. The summed E-state index contributed by atoms with van der Waals surface area (Å²) >= 11 is 3.82. The molecule has 3 fully saturated rings. The van der Waals surface area contributed by atoms with E-state index in [4.69, 9.17) is 23.4 Å². The third-order valence-electron chi connectivity index (χ3n) is 4.56. The van der Waals surface area contributed by atoms with Crippen LogP contribution in [0.4, 0.5) is 4.79 Å². The highest BCUT2D eigenvalue weighted by Crippen LogP contribution is 2.43. The van der Waals surface area contributed by atoms with Crippen LogP contribution in [0.1, 0.15) is 24.8 Å². The molecule has 0 radical (unpaired) electrons. The molecule has 0 spiro atoms. The van der Waals surface area contributed by atoms with Gasteiger partial charge in [-0.2, -0.15) is 4.79 Å². The van der Waals surface area contributed by atoms with Gasteiger partial charge in [0.15, 0.2) is 0 Å². The number of hydrogen-bond acceptors (Lipinski definition) is 6. The van der Waals surface area contributed by atoms with Gasteiger partial charge < -0.3 is 4.74 Å². The van der Waals surface area contributed by atoms with Crippen LogP contribution < -0.4 is 18.6 Å². The molecule has 0 unspecified atom stereocenters. The van der Waals surface area contributed by atoms with Crippen LogP contribution in [0.2, 0.25) is 0 Å². The second kappa shape index (κ2) is 7.65. The fourth-order valence-corrected chi connectivity index (χ4v) is 3.62. The third-order valence-corrected chi connectivity index (χ3v) is 5.75. The van der Waals surface area contributed by atoms with Crippen molar-refractivity contribution in [2.75, 3.05) is 19.6 Å². The van der Waals surface area contributed by atoms with E-state index in [0.717, 1.165) is 44.5 Å². The number of benzene rings is 1. The molecule has 9 heteroatoms. The summed E-state index contributed by atoms with van der Waals surface area (Å²) in [5.74, 6) is 0. The molecule has 3 heterocycles. The number of hydrogen-bond donors (Lipinski definition) is 0. The summed E-state index contributed by atoms with van der Waals surface area (Å²) in [6, 6.07) is 9.89. The predicted molar refractivity (Wildman–Crippen MR) is 77.0 cm³/mol. The Labute approximate surface area is 150 Å². The normalized spacial score (nSPS) is 28.7. The number of nitrogens with zero attached hydrogens (tertiary/aromatic N) is 1. The van der Waals surface area contributed by atoms with Gasteiger partial charge in [-0.15, -0.1) is 10.2 Å². The first kappa shape index (κ1) is 19.6. The van der Waals surface area contributed by atoms with Gasteiger partial charge >= 0.3 is 6.09 Å². The maximum Gasteiger partial charge on any atom is 0.516 e. The molecule has 7 nitrogen and oxygen atoms in total. The summed E-state index contributed by atoms with van der Waals surface area (Å²) in [6.45, 7) is 3.13. The Morgan fingerprint density at radius 1 is 1.08 bits per heavy atom. The van der Waals surface area contributed by atoms with E-state index in [0.29, 0.717) is 15.4 Å². The first-order valence-corrected chi connectivity index (χ1v) is 9.53. The van der Waals surface area contributed by atoms with Crippen LogP contribution in [0.15, 0.2) is 30.3 Å². The summed E-state index contributed by atoms with van der Waals surface area (Å²) in [5, 5.41) is 0. The highest BCUT2D eigenvalue weighted by atomic mass is 79.9. The Bertz CT molecular complexity index is 534. The largest absolute Gasteiger partial charge is 0.516 e. The van der Waals surface area contributed by atoms with E-state index in [1.54, 1.807) is 0 Å². The van der Waals surface area contributed by atoms with Gasteiger partial charge in [-0.1, -0.05) is 46.3 Å². The second-order valence-electron chi connectivity index (χ2n) is 6.14. The minimum absolute atomic E-state index is 0.0434. The SMILES string of the molecule is O=C(OCc1ccccc1)[N+]12CCC(Br)(CC1)CC2.[O-][Cl+3]([O-])([O-])[O-]. The molecular formula is C15H19BrClNO6. The first-order chi connectivity index (χ1) is 11.1. The topological polar surface area (TPSA) is 119 Å². The summed E-state index contributed by atoms with van der Waals surface area (Å²) in [6.07, 6.45) is 3.19. The molecule has 2 bridgehead atoms. The van der Waals surface area contributed by atoms with Crippen molar-refractivity contribution in [3.63, 3.8) is 0 Å². The Kier molecular flexibility index (Phi) is 6.24. The quantitative estimate of drug-likeness (QED) is 0.431. The standard InChI is InChI=1S/C15H19BrNO2.ClHO4/c16-15-6-9-17(10-7-15,11-8-15)14(18)19-12-13-4-2-1-3-5-13;2-1(3,4)5/h1-5H,6-12H2;(H,2,3,4,5)/q+1;/p-1. The Hall–Kier alpha value is -0.740. The van der Waals surface area contributed by atoms with Crippen LogP contribution in [0.25, 0.3) is 0 Å². The van der Waals surface area contributed by atoms with Crippen molar-refractivity contribution < 1.29 is 42.9 Å². The van der Waals surface area contributed by atoms with Gasteiger partial charge in [0, 0.05) is 23.6 Å². The zero-order valence-electron chi connectivity index (χ0n) is 13.0. The molecule has 0 atom stereocenters. The summed E-state index contributed by atoms with van der Waals surface area (Å²) in [5.41, 5.74) is 1.05. The lowest BCUT2D eigenvalue weighted by molar-refractivity contribution is -2.00. The van der Waals surface area contributed by atoms with E-state index < -0.39 is 10.2 Å². The number of piperidine rings is 3. The van der Waals surface area contributed by atoms with E-state index >= 15 is 0 Å². The van der Waals surface area contributed by atoms with E-state index in [1.807, 2.05) is 30.3 Å². The van der Waals surface area contributed by atoms with Gasteiger partial charge in [-0.25, -0.2) is 23.1 Å². The Morgan fingerprint density at radius 2 is 1.54 bits per heavy atom. The minimum Gasteiger partial charge on any atom is -0.415 e. The van der Waals surface area contributed by atoms with Crippen molar-refractivity contribution in [2.24, 2.45) is 0 Å². The van der Waals surface area contributed by atoms with E-state index in [2.05, 4.69) is 15.9 Å². The molecule has 24 heavy (non-hydrogen) atoms. The van der Waals surface area contributed by atoms with Crippen LogP contribution in [-0.4, -0.2) is 34.5 Å². The number of ether oxygens (including phenoxy) is 1. The van der Waals surface area contributed by atoms with E-state index in [1.165, 1.54) is 0 Å². The molecule has 0 saturated carbocycles. The lowest BCUT2D eigenvalue weighted by atomic mass is 9.86. The van der Waals surface area contributed by atoms with Gasteiger partial charge in [0.1, 0.15) is 6.61 Å². The van der Waals surface area contributed by atoms with Crippen molar-refractivity contribution >= 4 is 22.0 Å². The number of alkyl halides is 1. The van der Waals surface area contributed by atoms with Gasteiger partial charge in [-0.05, 0) is 5.56 Å². The number of carbonyl (C=O) groups is 1. The summed E-state index contributed by atoms with van der Waals surface area (Å²) in [7, 11) is -4.94. The fourth-order valence-electron chi connectivity index (χ4n) is 3.08. The zero-order chi connectivity index (χ0) is 17.8. The molecule has 0 aromatic heterocycles. The molecular weight excluding hydrogens is 406 g/mol. The highest BCUT2D eigenvalue weighted by molar-refractivity contribution is 9.10. The van der Waals surface area contributed by atoms with Crippen molar-refractivity contribution in [2.45, 2.75) is 30.2 Å². The van der Waals surface area contributed by atoms with Gasteiger partial charge in [0.25, 0.3) is 0 Å². The molecule has 3 aliphatic rings. The van der Waals surface area contributed by atoms with Crippen molar-refractivity contribution in [3.05, 3.63) is 35.9 Å². The molecule has 0 N–H and O–H groups in total. The van der Waals surface area contributed by atoms with E-state index in [9.17, 15) is 4.79 Å². The number of fused-ring (bicyclic) bond motifs is 3. The maximum atomic E-state index is 12.4. The molecule has 1 amide bonds. The van der Waals surface area contributed by atoms with Gasteiger partial charge in [-0.3, -0.25) is 0 Å². The zero-order valence-corrected chi connectivity index (χ0v) is 15.3. The monoisotopic (exact) mass is 423 g/mol. The third kappa shape index (κ3) is 5.66. The molecule has 3 aliphatic heterocycles. The smallest absolute Gasteiger partial charge is 0.415 e. The van der Waals surface area contributed by atoms with Crippen LogP contribution >= 0.6 is 15.9 Å². The van der Waals surface area contributed by atoms with Gasteiger partial charge in [0.2, 0.25) is 0 Å². The maximum absolute atomic E-state index is 12.4. The average molecular weight is 425 g/mol. The Morgan fingerprint density at radius 3 is 2.00 bits per heavy atom. The van der Waals surface area contributed by atoms with Gasteiger partial charge in [0.05, 0.1) is 19.6 Å². The van der Waals surface area contributed by atoms with Crippen LogP contribution in [0.3, 0.4) is 0 Å². The predicted octanol–water partition coefficient (Wildman–Crippen LogP) is -1.28. The Balaban J connectivity index is 0.000000368. The van der Waals surface area contributed by atoms with Crippen molar-refractivity contribution in [1.29, 1.82) is 0 Å². The second-order valence-corrected chi connectivity index (χ2v) is 8.57. The molecule has 1 aromatic carbocycles. The van der Waals surface area contributed by atoms with Crippen LogP contribution in [0, 0.1) is 10.2 Å².